The van der Waals surface area contributed by atoms with Crippen molar-refractivity contribution in [3.8, 4) is 0 Å². The van der Waals surface area contributed by atoms with E-state index in [9.17, 15) is 31.5 Å². The smallest absolute Gasteiger partial charge is 0.378 e. The van der Waals surface area contributed by atoms with Crippen LogP contribution in [-0.4, -0.2) is 23.9 Å². The number of amides is 1. The number of rotatable bonds is 5. The van der Waals surface area contributed by atoms with E-state index in [1.54, 1.807) is 12.1 Å². The summed E-state index contributed by atoms with van der Waals surface area (Å²) in [4.78, 5) is 29.7. The Bertz CT molecular complexity index is 1740. The van der Waals surface area contributed by atoms with Crippen molar-refractivity contribution in [2.45, 2.75) is 18.8 Å². The normalized spacial score (nSPS) is 14.6. The molecule has 1 aliphatic heterocycles. The molecule has 40 heavy (non-hydrogen) atoms. The van der Waals surface area contributed by atoms with Crippen LogP contribution >= 0.6 is 11.6 Å². The number of ether oxygens (including phenoxy) is 1. The SMILES string of the molecule is COCc1ccc2c3c(c(NC(=O)c4cc(F)cc(C(F)(F)F)c4)cc2n1)C(c1cc(F)ccc1Cl)NC3=C=O. The second-order valence-electron chi connectivity index (χ2n) is 8.92. The standard InChI is InChI=1S/C28H17ClF5N3O3/c1-40-12-17-3-4-18-21(35-17)10-22(37-27(39)13-6-14(28(32,33)34)8-16(31)7-13)25-24(18)23(11-38)36-26(25)19-9-15(30)2-5-20(19)29/h2-10,26,36H,12H2,1H3,(H,37,39). The largest absolute Gasteiger partial charge is 0.416 e. The van der Waals surface area contributed by atoms with E-state index in [2.05, 4.69) is 15.6 Å². The highest BCUT2D eigenvalue weighted by atomic mass is 35.5. The van der Waals surface area contributed by atoms with Gasteiger partial charge >= 0.3 is 6.18 Å². The van der Waals surface area contributed by atoms with Gasteiger partial charge < -0.3 is 15.4 Å². The molecule has 3 aromatic carbocycles. The fourth-order valence-corrected chi connectivity index (χ4v) is 4.88. The molecule has 0 saturated heterocycles. The first kappa shape index (κ1) is 27.3. The van der Waals surface area contributed by atoms with Gasteiger partial charge in [0.15, 0.2) is 5.94 Å². The molecule has 0 aliphatic carbocycles. The number of aromatic nitrogens is 1. The highest BCUT2D eigenvalue weighted by Gasteiger charge is 2.36. The van der Waals surface area contributed by atoms with Crippen molar-refractivity contribution in [3.63, 3.8) is 0 Å². The van der Waals surface area contributed by atoms with Crippen molar-refractivity contribution in [1.82, 2.24) is 10.3 Å². The topological polar surface area (TPSA) is 80.3 Å². The minimum Gasteiger partial charge on any atom is -0.378 e. The van der Waals surface area contributed by atoms with Crippen LogP contribution in [0, 0.1) is 11.6 Å². The number of hydrogen-bond donors (Lipinski definition) is 2. The number of benzene rings is 3. The maximum absolute atomic E-state index is 14.2. The van der Waals surface area contributed by atoms with Crippen molar-refractivity contribution in [2.75, 3.05) is 12.4 Å². The Hall–Kier alpha value is -4.31. The summed E-state index contributed by atoms with van der Waals surface area (Å²) >= 11 is 6.36. The van der Waals surface area contributed by atoms with E-state index in [1.165, 1.54) is 19.2 Å². The molecule has 2 N–H and O–H groups in total. The van der Waals surface area contributed by atoms with Crippen molar-refractivity contribution >= 4 is 45.7 Å². The lowest BCUT2D eigenvalue weighted by molar-refractivity contribution is -0.137. The van der Waals surface area contributed by atoms with E-state index < -0.39 is 40.9 Å². The van der Waals surface area contributed by atoms with E-state index in [0.29, 0.717) is 28.7 Å². The second kappa shape index (κ2) is 10.3. The quantitative estimate of drug-likeness (QED) is 0.212. The molecule has 0 spiro atoms. The number of pyridine rings is 1. The third kappa shape index (κ3) is 5.02. The van der Waals surface area contributed by atoms with Crippen molar-refractivity contribution in [3.05, 3.63) is 105 Å². The molecule has 0 fully saturated rings. The average molecular weight is 574 g/mol. The lowest BCUT2D eigenvalue weighted by Crippen LogP contribution is -2.18. The molecule has 1 aliphatic rings. The number of fused-ring (bicyclic) bond motifs is 3. The lowest BCUT2D eigenvalue weighted by atomic mass is 9.93. The number of hydrogen-bond acceptors (Lipinski definition) is 5. The molecule has 12 heteroatoms. The Morgan fingerprint density at radius 2 is 1.88 bits per heavy atom. The molecule has 1 atom stereocenters. The van der Waals surface area contributed by atoms with Gasteiger partial charge in [0.05, 0.1) is 29.4 Å². The summed E-state index contributed by atoms with van der Waals surface area (Å²) in [7, 11) is 1.47. The van der Waals surface area contributed by atoms with Gasteiger partial charge in [0.25, 0.3) is 5.91 Å². The number of methoxy groups -OCH3 is 1. The van der Waals surface area contributed by atoms with Crippen LogP contribution in [-0.2, 0) is 22.3 Å². The summed E-state index contributed by atoms with van der Waals surface area (Å²) in [6.07, 6.45) is -4.89. The summed E-state index contributed by atoms with van der Waals surface area (Å²) < 4.78 is 73.3. The fourth-order valence-electron chi connectivity index (χ4n) is 4.65. The predicted octanol–water partition coefficient (Wildman–Crippen LogP) is 6.45. The molecule has 1 aromatic heterocycles. The molecule has 0 bridgehead atoms. The van der Waals surface area contributed by atoms with Crippen molar-refractivity contribution < 1.29 is 36.3 Å². The van der Waals surface area contributed by atoms with Crippen LogP contribution < -0.4 is 10.6 Å². The summed E-state index contributed by atoms with van der Waals surface area (Å²) in [5, 5.41) is 6.08. The first-order valence-corrected chi connectivity index (χ1v) is 12.0. The number of alkyl halides is 3. The maximum Gasteiger partial charge on any atom is 0.416 e. The minimum atomic E-state index is -4.89. The zero-order valence-corrected chi connectivity index (χ0v) is 21.2. The molecule has 6 nitrogen and oxygen atoms in total. The van der Waals surface area contributed by atoms with Crippen molar-refractivity contribution in [2.24, 2.45) is 0 Å². The lowest BCUT2D eigenvalue weighted by Gasteiger charge is -2.19. The molecular formula is C28H17ClF5N3O3. The van der Waals surface area contributed by atoms with Crippen LogP contribution in [0.15, 0.2) is 54.6 Å². The molecule has 1 amide bonds. The van der Waals surface area contributed by atoms with E-state index in [4.69, 9.17) is 16.3 Å². The Morgan fingerprint density at radius 1 is 1.10 bits per heavy atom. The monoisotopic (exact) mass is 573 g/mol. The third-order valence-corrected chi connectivity index (χ3v) is 6.66. The Balaban J connectivity index is 1.73. The average Bonchev–Trinajstić information content (AvgIpc) is 3.29. The van der Waals surface area contributed by atoms with Gasteiger partial charge in [0.1, 0.15) is 17.3 Å². The van der Waals surface area contributed by atoms with Crippen molar-refractivity contribution in [1.29, 1.82) is 0 Å². The van der Waals surface area contributed by atoms with Gasteiger partial charge in [-0.05, 0) is 48.5 Å². The number of nitrogens with one attached hydrogen (secondary N) is 2. The molecule has 5 rings (SSSR count). The summed E-state index contributed by atoms with van der Waals surface area (Å²) in [5.74, 6) is -1.13. The molecule has 204 valence electrons. The van der Waals surface area contributed by atoms with Gasteiger partial charge in [-0.25, -0.2) is 13.6 Å². The number of anilines is 1. The van der Waals surface area contributed by atoms with E-state index >= 15 is 0 Å². The fraction of sp³-hybridized carbons (Fsp3) is 0.143. The first-order chi connectivity index (χ1) is 19.0. The molecule has 1 unspecified atom stereocenters. The van der Waals surface area contributed by atoms with Gasteiger partial charge in [-0.2, -0.15) is 13.2 Å². The number of nitrogens with zero attached hydrogens (tertiary/aromatic N) is 1. The molecular weight excluding hydrogens is 557 g/mol. The zero-order chi connectivity index (χ0) is 28.8. The van der Waals surface area contributed by atoms with Crippen LogP contribution in [0.4, 0.5) is 27.6 Å². The Labute approximate surface area is 228 Å². The van der Waals surface area contributed by atoms with Gasteiger partial charge in [-0.1, -0.05) is 17.7 Å². The minimum absolute atomic E-state index is 0.0236. The predicted molar refractivity (Wildman–Crippen MR) is 137 cm³/mol. The van der Waals surface area contributed by atoms with Crippen LogP contribution in [0.2, 0.25) is 5.02 Å². The van der Waals surface area contributed by atoms with E-state index in [1.807, 2.05) is 5.94 Å². The third-order valence-electron chi connectivity index (χ3n) is 6.32. The first-order valence-electron chi connectivity index (χ1n) is 11.6. The van der Waals surface area contributed by atoms with Gasteiger partial charge in [0, 0.05) is 45.5 Å². The van der Waals surface area contributed by atoms with Gasteiger partial charge in [0.2, 0.25) is 0 Å². The Kier molecular flexibility index (Phi) is 7.05. The van der Waals surface area contributed by atoms with E-state index in [0.717, 1.165) is 12.1 Å². The van der Waals surface area contributed by atoms with Crippen LogP contribution in [0.3, 0.4) is 0 Å². The summed E-state index contributed by atoms with van der Waals surface area (Å²) in [6.45, 7) is 0.147. The van der Waals surface area contributed by atoms with Gasteiger partial charge in [-0.3, -0.25) is 9.78 Å². The highest BCUT2D eigenvalue weighted by molar-refractivity contribution is 6.31. The van der Waals surface area contributed by atoms with Gasteiger partial charge in [-0.15, -0.1) is 0 Å². The highest BCUT2D eigenvalue weighted by Crippen LogP contribution is 2.46. The second-order valence-corrected chi connectivity index (χ2v) is 9.32. The molecule has 0 saturated carbocycles. The Morgan fingerprint density at radius 3 is 2.58 bits per heavy atom. The number of halogens is 6. The summed E-state index contributed by atoms with van der Waals surface area (Å²) in [5.41, 5.74) is -0.372. The zero-order valence-electron chi connectivity index (χ0n) is 20.4. The molecule has 0 radical (unpaired) electrons. The summed E-state index contributed by atoms with van der Waals surface area (Å²) in [6, 6.07) is 8.90. The molecule has 2 heterocycles. The number of carbonyl (C=O) groups is 1. The molecule has 4 aromatic rings. The van der Waals surface area contributed by atoms with Crippen LogP contribution in [0.1, 0.15) is 44.3 Å². The number of carbonyl (C=O) groups excluding carboxylic acids is 2. The van der Waals surface area contributed by atoms with Crippen LogP contribution in [0.5, 0.6) is 0 Å². The maximum atomic E-state index is 14.2. The van der Waals surface area contributed by atoms with Crippen LogP contribution in [0.25, 0.3) is 16.6 Å². The van der Waals surface area contributed by atoms with E-state index in [-0.39, 0.29) is 45.8 Å².